The van der Waals surface area contributed by atoms with E-state index in [0.29, 0.717) is 23.8 Å². The van der Waals surface area contributed by atoms with E-state index in [1.54, 1.807) is 4.68 Å². The molecular weight excluding hydrogens is 382 g/mol. The maximum Gasteiger partial charge on any atom is 0.338 e. The number of nitrogens with one attached hydrogen (secondary N) is 1. The Kier molecular flexibility index (Phi) is 5.47. The highest BCUT2D eigenvalue weighted by Crippen LogP contribution is 2.35. The highest BCUT2D eigenvalue weighted by Gasteiger charge is 2.35. The van der Waals surface area contributed by atoms with Gasteiger partial charge in [-0.05, 0) is 54.5 Å². The molecule has 1 aromatic heterocycles. The molecular formula is C22H23N5O3. The van der Waals surface area contributed by atoms with Crippen molar-refractivity contribution in [2.24, 2.45) is 0 Å². The topological polar surface area (TPSA) is 91.2 Å². The summed E-state index contributed by atoms with van der Waals surface area (Å²) in [5.74, 6) is 0.814. The Morgan fingerprint density at radius 1 is 1.13 bits per heavy atom. The smallest absolute Gasteiger partial charge is 0.338 e. The molecule has 0 spiro atoms. The van der Waals surface area contributed by atoms with E-state index in [4.69, 9.17) is 9.47 Å². The average molecular weight is 405 g/mol. The monoisotopic (exact) mass is 405 g/mol. The summed E-state index contributed by atoms with van der Waals surface area (Å²) in [6.45, 7) is 5.94. The van der Waals surface area contributed by atoms with Gasteiger partial charge in [-0.2, -0.15) is 4.68 Å². The first-order valence-corrected chi connectivity index (χ1v) is 9.76. The summed E-state index contributed by atoms with van der Waals surface area (Å²) >= 11 is 0. The number of hydrogen-bond donors (Lipinski definition) is 1. The highest BCUT2D eigenvalue weighted by molar-refractivity contribution is 5.92. The van der Waals surface area contributed by atoms with Crippen LogP contribution in [0.2, 0.25) is 0 Å². The highest BCUT2D eigenvalue weighted by atomic mass is 16.5. The maximum atomic E-state index is 12.8. The van der Waals surface area contributed by atoms with Gasteiger partial charge in [-0.3, -0.25) is 0 Å². The standard InChI is InChI=1S/C22H23N5O3/c1-14(2)30-21(28)19-15(3)23-22-24-25-26-27(22)20(19)17-9-11-18(12-10-17)29-13-16-7-5-4-6-8-16/h4-12,14,20H,13H2,1-3H3,(H,23,24,26). The number of tetrazole rings is 1. The number of anilines is 1. The molecule has 154 valence electrons. The van der Waals surface area contributed by atoms with Gasteiger partial charge in [0.25, 0.3) is 0 Å². The van der Waals surface area contributed by atoms with Gasteiger partial charge in [-0.25, -0.2) is 4.79 Å². The lowest BCUT2D eigenvalue weighted by atomic mass is 9.95. The number of allylic oxidation sites excluding steroid dienone is 1. The number of nitrogens with zero attached hydrogens (tertiary/aromatic N) is 4. The Bertz CT molecular complexity index is 1060. The van der Waals surface area contributed by atoms with E-state index in [-0.39, 0.29) is 6.10 Å². The number of fused-ring (bicyclic) bond motifs is 1. The first kappa shape index (κ1) is 19.6. The van der Waals surface area contributed by atoms with Gasteiger partial charge < -0.3 is 14.8 Å². The molecule has 1 atom stereocenters. The van der Waals surface area contributed by atoms with E-state index in [1.165, 1.54) is 0 Å². The first-order chi connectivity index (χ1) is 14.5. The Labute approximate surface area is 174 Å². The van der Waals surface area contributed by atoms with Crippen LogP contribution in [0.5, 0.6) is 5.75 Å². The molecule has 1 unspecified atom stereocenters. The lowest BCUT2D eigenvalue weighted by Gasteiger charge is -2.28. The largest absolute Gasteiger partial charge is 0.489 e. The zero-order chi connectivity index (χ0) is 21.1. The number of carbonyl (C=O) groups is 1. The molecule has 0 bridgehead atoms. The Hall–Kier alpha value is -3.68. The van der Waals surface area contributed by atoms with Crippen LogP contribution in [0.4, 0.5) is 5.95 Å². The van der Waals surface area contributed by atoms with Crippen molar-refractivity contribution < 1.29 is 14.3 Å². The van der Waals surface area contributed by atoms with Gasteiger partial charge in [-0.15, -0.1) is 0 Å². The number of benzene rings is 2. The van der Waals surface area contributed by atoms with Crippen LogP contribution in [0, 0.1) is 0 Å². The molecule has 0 saturated carbocycles. The summed E-state index contributed by atoms with van der Waals surface area (Å²) in [4.78, 5) is 12.8. The zero-order valence-corrected chi connectivity index (χ0v) is 17.1. The zero-order valence-electron chi connectivity index (χ0n) is 17.1. The van der Waals surface area contributed by atoms with E-state index >= 15 is 0 Å². The van der Waals surface area contributed by atoms with Gasteiger partial charge in [0.1, 0.15) is 18.4 Å². The van der Waals surface area contributed by atoms with Crippen LogP contribution < -0.4 is 10.1 Å². The summed E-state index contributed by atoms with van der Waals surface area (Å²) in [5.41, 5.74) is 3.08. The van der Waals surface area contributed by atoms with Crippen molar-refractivity contribution in [3.05, 3.63) is 77.0 Å². The summed E-state index contributed by atoms with van der Waals surface area (Å²) in [6.07, 6.45) is -0.234. The Balaban J connectivity index is 1.61. The summed E-state index contributed by atoms with van der Waals surface area (Å²) in [7, 11) is 0. The molecule has 0 saturated heterocycles. The molecule has 0 fully saturated rings. The summed E-state index contributed by atoms with van der Waals surface area (Å²) in [5, 5.41) is 14.9. The van der Waals surface area contributed by atoms with Crippen molar-refractivity contribution in [2.75, 3.05) is 5.32 Å². The number of esters is 1. The van der Waals surface area contributed by atoms with Crippen molar-refractivity contribution in [1.29, 1.82) is 0 Å². The molecule has 3 aromatic rings. The number of hydrogen-bond acceptors (Lipinski definition) is 7. The molecule has 4 rings (SSSR count). The van der Waals surface area contributed by atoms with Gasteiger partial charge >= 0.3 is 5.97 Å². The minimum atomic E-state index is -0.495. The fourth-order valence-electron chi connectivity index (χ4n) is 3.35. The molecule has 0 amide bonds. The molecule has 2 aromatic carbocycles. The van der Waals surface area contributed by atoms with Crippen molar-refractivity contribution >= 4 is 11.9 Å². The van der Waals surface area contributed by atoms with Gasteiger partial charge in [0, 0.05) is 5.70 Å². The fourth-order valence-corrected chi connectivity index (χ4v) is 3.35. The Morgan fingerprint density at radius 2 is 1.87 bits per heavy atom. The van der Waals surface area contributed by atoms with Crippen LogP contribution in [-0.2, 0) is 16.1 Å². The van der Waals surface area contributed by atoms with E-state index in [9.17, 15) is 4.79 Å². The molecule has 1 N–H and O–H groups in total. The van der Waals surface area contributed by atoms with E-state index in [2.05, 4.69) is 20.8 Å². The molecule has 1 aliphatic heterocycles. The van der Waals surface area contributed by atoms with E-state index in [1.807, 2.05) is 75.4 Å². The van der Waals surface area contributed by atoms with Crippen molar-refractivity contribution in [3.63, 3.8) is 0 Å². The van der Waals surface area contributed by atoms with Crippen LogP contribution in [-0.4, -0.2) is 32.3 Å². The molecule has 8 nitrogen and oxygen atoms in total. The second-order valence-corrected chi connectivity index (χ2v) is 7.31. The Morgan fingerprint density at radius 3 is 2.57 bits per heavy atom. The lowest BCUT2D eigenvalue weighted by Crippen LogP contribution is -2.30. The normalized spacial score (nSPS) is 15.5. The van der Waals surface area contributed by atoms with Crippen molar-refractivity contribution in [1.82, 2.24) is 20.2 Å². The SMILES string of the molecule is CC1=C(C(=O)OC(C)C)C(c2ccc(OCc3ccccc3)cc2)n2nnnc2N1. The van der Waals surface area contributed by atoms with Gasteiger partial charge in [0.15, 0.2) is 0 Å². The van der Waals surface area contributed by atoms with Crippen LogP contribution in [0.3, 0.4) is 0 Å². The molecule has 0 radical (unpaired) electrons. The van der Waals surface area contributed by atoms with E-state index in [0.717, 1.165) is 16.9 Å². The molecule has 30 heavy (non-hydrogen) atoms. The predicted octanol–water partition coefficient (Wildman–Crippen LogP) is 3.49. The third-order valence-electron chi connectivity index (χ3n) is 4.72. The molecule has 2 heterocycles. The third kappa shape index (κ3) is 4.03. The second kappa shape index (κ2) is 8.36. The predicted molar refractivity (Wildman–Crippen MR) is 111 cm³/mol. The molecule has 8 heteroatoms. The van der Waals surface area contributed by atoms with Crippen LogP contribution in [0.15, 0.2) is 65.9 Å². The second-order valence-electron chi connectivity index (χ2n) is 7.31. The number of ether oxygens (including phenoxy) is 2. The minimum absolute atomic E-state index is 0.234. The maximum absolute atomic E-state index is 12.8. The van der Waals surface area contributed by atoms with Crippen molar-refractivity contribution in [3.8, 4) is 5.75 Å². The molecule has 1 aliphatic rings. The van der Waals surface area contributed by atoms with Gasteiger partial charge in [-0.1, -0.05) is 47.6 Å². The number of rotatable bonds is 6. The minimum Gasteiger partial charge on any atom is -0.489 e. The quantitative estimate of drug-likeness (QED) is 0.628. The fraction of sp³-hybridized carbons (Fsp3) is 0.273. The number of carbonyl (C=O) groups excluding carboxylic acids is 1. The third-order valence-corrected chi connectivity index (χ3v) is 4.72. The summed E-state index contributed by atoms with van der Waals surface area (Å²) < 4.78 is 12.9. The van der Waals surface area contributed by atoms with Crippen LogP contribution in [0.1, 0.15) is 37.9 Å². The van der Waals surface area contributed by atoms with Gasteiger partial charge in [0.05, 0.1) is 11.7 Å². The first-order valence-electron chi connectivity index (χ1n) is 9.76. The van der Waals surface area contributed by atoms with Crippen LogP contribution in [0.25, 0.3) is 0 Å². The lowest BCUT2D eigenvalue weighted by molar-refractivity contribution is -0.143. The number of aromatic nitrogens is 4. The molecule has 0 aliphatic carbocycles. The van der Waals surface area contributed by atoms with Crippen molar-refractivity contribution in [2.45, 2.75) is 39.5 Å². The van der Waals surface area contributed by atoms with Gasteiger partial charge in [0.2, 0.25) is 5.95 Å². The average Bonchev–Trinajstić information content (AvgIpc) is 3.20. The van der Waals surface area contributed by atoms with E-state index < -0.39 is 12.0 Å². The summed E-state index contributed by atoms with van der Waals surface area (Å²) in [6, 6.07) is 17.1. The van der Waals surface area contributed by atoms with Crippen LogP contribution >= 0.6 is 0 Å².